The molecule has 1 aliphatic heterocycles. The van der Waals surface area contributed by atoms with Crippen LogP contribution in [0.25, 0.3) is 0 Å². The van der Waals surface area contributed by atoms with E-state index in [1.807, 2.05) is 30.3 Å². The van der Waals surface area contributed by atoms with Crippen LogP contribution in [0.3, 0.4) is 0 Å². The molecule has 3 rings (SSSR count). The molecule has 0 radical (unpaired) electrons. The minimum absolute atomic E-state index is 0.0471. The van der Waals surface area contributed by atoms with Crippen molar-refractivity contribution in [1.29, 1.82) is 0 Å². The number of carbonyl (C=O) groups is 2. The first-order valence-corrected chi connectivity index (χ1v) is 12.1. The highest BCUT2D eigenvalue weighted by Crippen LogP contribution is 2.10. The van der Waals surface area contributed by atoms with Crippen molar-refractivity contribution in [2.75, 3.05) is 52.5 Å². The SMILES string of the molecule is CCCCC(=O)N(CCN1CCOCC1)CC(=O)N(CCc1ccccc1)Cc1ccco1. The van der Waals surface area contributed by atoms with Crippen molar-refractivity contribution >= 4 is 11.8 Å². The van der Waals surface area contributed by atoms with E-state index < -0.39 is 0 Å². The van der Waals surface area contributed by atoms with Gasteiger partial charge in [0.1, 0.15) is 5.76 Å². The quantitative estimate of drug-likeness (QED) is 0.464. The van der Waals surface area contributed by atoms with Gasteiger partial charge in [-0.15, -0.1) is 0 Å². The maximum atomic E-state index is 13.4. The Hall–Kier alpha value is -2.64. The average Bonchev–Trinajstić information content (AvgIpc) is 3.37. The summed E-state index contributed by atoms with van der Waals surface area (Å²) in [5.41, 5.74) is 1.18. The van der Waals surface area contributed by atoms with Crippen LogP contribution in [0.5, 0.6) is 0 Å². The molecule has 0 spiro atoms. The van der Waals surface area contributed by atoms with Crippen LogP contribution in [-0.2, 0) is 27.3 Å². The van der Waals surface area contributed by atoms with Crippen molar-refractivity contribution in [2.45, 2.75) is 39.2 Å². The van der Waals surface area contributed by atoms with Gasteiger partial charge in [0.15, 0.2) is 0 Å². The third-order valence-corrected chi connectivity index (χ3v) is 6.01. The monoisotopic (exact) mass is 455 g/mol. The molecule has 33 heavy (non-hydrogen) atoms. The lowest BCUT2D eigenvalue weighted by molar-refractivity contribution is -0.141. The first kappa shape index (κ1) is 25.0. The number of furan rings is 1. The highest BCUT2D eigenvalue weighted by molar-refractivity contribution is 5.84. The van der Waals surface area contributed by atoms with Gasteiger partial charge < -0.3 is 19.0 Å². The molecule has 0 bridgehead atoms. The van der Waals surface area contributed by atoms with Crippen LogP contribution in [0.2, 0.25) is 0 Å². The first-order chi connectivity index (χ1) is 16.2. The molecule has 2 amide bonds. The number of carbonyl (C=O) groups excluding carboxylic acids is 2. The maximum absolute atomic E-state index is 13.4. The van der Waals surface area contributed by atoms with Crippen molar-refractivity contribution in [3.8, 4) is 0 Å². The molecular weight excluding hydrogens is 418 g/mol. The Balaban J connectivity index is 1.64. The summed E-state index contributed by atoms with van der Waals surface area (Å²) in [4.78, 5) is 32.2. The number of rotatable bonds is 13. The zero-order valence-electron chi connectivity index (χ0n) is 19.8. The lowest BCUT2D eigenvalue weighted by Crippen LogP contribution is -2.47. The molecule has 1 aromatic heterocycles. The Morgan fingerprint density at radius 3 is 2.45 bits per heavy atom. The topological polar surface area (TPSA) is 66.2 Å². The van der Waals surface area contributed by atoms with Crippen LogP contribution in [0.1, 0.15) is 37.5 Å². The highest BCUT2D eigenvalue weighted by atomic mass is 16.5. The number of benzene rings is 1. The van der Waals surface area contributed by atoms with Gasteiger partial charge in [0.05, 0.1) is 32.6 Å². The summed E-state index contributed by atoms with van der Waals surface area (Å²) in [6, 6.07) is 13.9. The van der Waals surface area contributed by atoms with Crippen LogP contribution in [-0.4, -0.2) is 79.0 Å². The molecule has 0 atom stereocenters. The second-order valence-corrected chi connectivity index (χ2v) is 8.50. The zero-order chi connectivity index (χ0) is 23.3. The summed E-state index contributed by atoms with van der Waals surface area (Å²) in [5, 5.41) is 0. The second-order valence-electron chi connectivity index (χ2n) is 8.50. The highest BCUT2D eigenvalue weighted by Gasteiger charge is 2.23. The van der Waals surface area contributed by atoms with Gasteiger partial charge in [0.2, 0.25) is 11.8 Å². The van der Waals surface area contributed by atoms with E-state index in [2.05, 4.69) is 24.0 Å². The van der Waals surface area contributed by atoms with Crippen molar-refractivity contribution in [3.63, 3.8) is 0 Å². The number of morpholine rings is 1. The molecule has 180 valence electrons. The van der Waals surface area contributed by atoms with Crippen LogP contribution in [0.15, 0.2) is 53.1 Å². The van der Waals surface area contributed by atoms with E-state index in [0.29, 0.717) is 26.1 Å². The standard InChI is InChI=1S/C26H37N3O4/c1-2-3-11-25(30)29(15-14-27-16-19-32-20-17-27)22-26(31)28(21-24-10-7-18-33-24)13-12-23-8-5-4-6-9-23/h4-10,18H,2-3,11-17,19-22H2,1H3. The number of unbranched alkanes of at least 4 members (excludes halogenated alkanes) is 1. The summed E-state index contributed by atoms with van der Waals surface area (Å²) < 4.78 is 10.9. The van der Waals surface area contributed by atoms with Gasteiger partial charge in [-0.05, 0) is 30.5 Å². The third kappa shape index (κ3) is 8.67. The minimum Gasteiger partial charge on any atom is -0.467 e. The van der Waals surface area contributed by atoms with Gasteiger partial charge in [0, 0.05) is 39.1 Å². The molecular formula is C26H37N3O4. The van der Waals surface area contributed by atoms with E-state index in [1.54, 1.807) is 16.1 Å². The smallest absolute Gasteiger partial charge is 0.242 e. The molecule has 1 saturated heterocycles. The summed E-state index contributed by atoms with van der Waals surface area (Å²) in [6.07, 6.45) is 4.65. The predicted molar refractivity (Wildman–Crippen MR) is 128 cm³/mol. The van der Waals surface area contributed by atoms with Crippen LogP contribution in [0.4, 0.5) is 0 Å². The molecule has 1 fully saturated rings. The van der Waals surface area contributed by atoms with Crippen molar-refractivity contribution < 1.29 is 18.7 Å². The Kier molecular flexibility index (Phi) is 10.5. The number of hydrogen-bond donors (Lipinski definition) is 0. The fourth-order valence-corrected chi connectivity index (χ4v) is 3.92. The molecule has 0 aliphatic carbocycles. The minimum atomic E-state index is -0.0471. The number of hydrogen-bond acceptors (Lipinski definition) is 5. The second kappa shape index (κ2) is 13.8. The molecule has 1 aliphatic rings. The summed E-state index contributed by atoms with van der Waals surface area (Å²) in [7, 11) is 0. The molecule has 0 saturated carbocycles. The Morgan fingerprint density at radius 1 is 0.970 bits per heavy atom. The van der Waals surface area contributed by atoms with Crippen molar-refractivity contribution in [1.82, 2.24) is 14.7 Å². The van der Waals surface area contributed by atoms with Crippen molar-refractivity contribution in [2.24, 2.45) is 0 Å². The van der Waals surface area contributed by atoms with E-state index in [4.69, 9.17) is 9.15 Å². The van der Waals surface area contributed by atoms with E-state index >= 15 is 0 Å². The lowest BCUT2D eigenvalue weighted by Gasteiger charge is -2.31. The zero-order valence-corrected chi connectivity index (χ0v) is 19.8. The van der Waals surface area contributed by atoms with Gasteiger partial charge in [-0.2, -0.15) is 0 Å². The van der Waals surface area contributed by atoms with Crippen LogP contribution >= 0.6 is 0 Å². The van der Waals surface area contributed by atoms with Gasteiger partial charge in [0.25, 0.3) is 0 Å². The fourth-order valence-electron chi connectivity index (χ4n) is 3.92. The Bertz CT molecular complexity index is 819. The summed E-state index contributed by atoms with van der Waals surface area (Å²) in [6.45, 7) is 7.65. The molecule has 7 heteroatoms. The third-order valence-electron chi connectivity index (χ3n) is 6.01. The number of ether oxygens (including phenoxy) is 1. The summed E-state index contributed by atoms with van der Waals surface area (Å²) in [5.74, 6) is 0.752. The molecule has 7 nitrogen and oxygen atoms in total. The number of amides is 2. The Morgan fingerprint density at radius 2 is 1.76 bits per heavy atom. The normalized spacial score (nSPS) is 14.2. The summed E-state index contributed by atoms with van der Waals surface area (Å²) >= 11 is 0. The molecule has 1 aromatic carbocycles. The van der Waals surface area contributed by atoms with Crippen molar-refractivity contribution in [3.05, 3.63) is 60.1 Å². The Labute approximate surface area is 197 Å². The maximum Gasteiger partial charge on any atom is 0.242 e. The number of nitrogens with zero attached hydrogens (tertiary/aromatic N) is 3. The van der Waals surface area contributed by atoms with E-state index in [0.717, 1.165) is 57.9 Å². The average molecular weight is 456 g/mol. The van der Waals surface area contributed by atoms with Crippen LogP contribution in [0, 0.1) is 0 Å². The predicted octanol–water partition coefficient (Wildman–Crippen LogP) is 3.20. The fraction of sp³-hybridized carbons (Fsp3) is 0.538. The van der Waals surface area contributed by atoms with Gasteiger partial charge in [-0.25, -0.2) is 0 Å². The molecule has 0 N–H and O–H groups in total. The van der Waals surface area contributed by atoms with E-state index in [1.165, 1.54) is 5.56 Å². The molecule has 2 aromatic rings. The first-order valence-electron chi connectivity index (χ1n) is 12.1. The van der Waals surface area contributed by atoms with E-state index in [-0.39, 0.29) is 18.4 Å². The lowest BCUT2D eigenvalue weighted by atomic mass is 10.1. The van der Waals surface area contributed by atoms with Gasteiger partial charge in [-0.3, -0.25) is 14.5 Å². The van der Waals surface area contributed by atoms with Gasteiger partial charge in [-0.1, -0.05) is 43.7 Å². The molecule has 2 heterocycles. The van der Waals surface area contributed by atoms with Crippen LogP contribution < -0.4 is 0 Å². The largest absolute Gasteiger partial charge is 0.467 e. The van der Waals surface area contributed by atoms with Gasteiger partial charge >= 0.3 is 0 Å². The molecule has 0 unspecified atom stereocenters. The van der Waals surface area contributed by atoms with E-state index in [9.17, 15) is 9.59 Å².